The minimum absolute atomic E-state index is 0.0196. The fraction of sp³-hybridized carbons (Fsp3) is 0.429. The average molecular weight is 451 g/mol. The second-order valence-electron chi connectivity index (χ2n) is 7.69. The van der Waals surface area contributed by atoms with Gasteiger partial charge in [-0.05, 0) is 48.6 Å². The van der Waals surface area contributed by atoms with Crippen molar-refractivity contribution in [2.75, 3.05) is 39.4 Å². The predicted octanol–water partition coefficient (Wildman–Crippen LogP) is 1.54. The number of ether oxygens (including phenoxy) is 1. The predicted molar refractivity (Wildman–Crippen MR) is 113 cm³/mol. The Morgan fingerprint density at radius 2 is 1.73 bits per heavy atom. The normalized spacial score (nSPS) is 19.0. The van der Waals surface area contributed by atoms with Gasteiger partial charge in [0.15, 0.2) is 0 Å². The van der Waals surface area contributed by atoms with E-state index in [2.05, 4.69) is 9.62 Å². The third kappa shape index (κ3) is 4.17. The molecule has 0 unspecified atom stereocenters. The molecule has 2 aliphatic heterocycles. The van der Waals surface area contributed by atoms with Crippen LogP contribution in [0.4, 0.5) is 0 Å². The number of benzene rings is 2. The molecule has 2 aromatic carbocycles. The average Bonchev–Trinajstić information content (AvgIpc) is 2.82. The highest BCUT2D eigenvalue weighted by atomic mass is 32.2. The van der Waals surface area contributed by atoms with Gasteiger partial charge in [-0.2, -0.15) is 0 Å². The lowest BCUT2D eigenvalue weighted by atomic mass is 10.0. The smallest absolute Gasteiger partial charge is 0.240 e. The van der Waals surface area contributed by atoms with Crippen LogP contribution < -0.4 is 4.72 Å². The van der Waals surface area contributed by atoms with Crippen molar-refractivity contribution in [3.63, 3.8) is 0 Å². The summed E-state index contributed by atoms with van der Waals surface area (Å²) in [5.74, 6) is 0. The van der Waals surface area contributed by atoms with Crippen molar-refractivity contribution < 1.29 is 21.6 Å². The second-order valence-corrected chi connectivity index (χ2v) is 11.3. The first-order valence-electron chi connectivity index (χ1n) is 10.1. The number of hydrogen-bond donors (Lipinski definition) is 1. The van der Waals surface area contributed by atoms with E-state index in [1.165, 1.54) is 6.07 Å². The largest absolute Gasteiger partial charge is 0.379 e. The first-order chi connectivity index (χ1) is 14.3. The van der Waals surface area contributed by atoms with Gasteiger partial charge in [-0.15, -0.1) is 0 Å². The molecule has 0 radical (unpaired) electrons. The van der Waals surface area contributed by atoms with Crippen LogP contribution >= 0.6 is 0 Å². The highest BCUT2D eigenvalue weighted by molar-refractivity contribution is 7.92. The van der Waals surface area contributed by atoms with E-state index in [1.54, 1.807) is 25.1 Å². The minimum Gasteiger partial charge on any atom is -0.379 e. The fourth-order valence-electron chi connectivity index (χ4n) is 4.07. The molecule has 1 N–H and O–H groups in total. The third-order valence-corrected chi connectivity index (χ3v) is 9.23. The zero-order valence-electron chi connectivity index (χ0n) is 16.9. The summed E-state index contributed by atoms with van der Waals surface area (Å²) in [6, 6.07) is 9.96. The Morgan fingerprint density at radius 3 is 2.50 bits per heavy atom. The molecule has 0 saturated carbocycles. The summed E-state index contributed by atoms with van der Waals surface area (Å²) in [6.07, 6.45) is 1.16. The second kappa shape index (κ2) is 8.39. The number of aryl methyl sites for hydroxylation is 3. The topological polar surface area (TPSA) is 92.8 Å². The van der Waals surface area contributed by atoms with E-state index >= 15 is 0 Å². The molecule has 2 aromatic rings. The Hall–Kier alpha value is -1.78. The van der Waals surface area contributed by atoms with Crippen LogP contribution in [0.5, 0.6) is 0 Å². The van der Waals surface area contributed by atoms with Crippen LogP contribution in [-0.4, -0.2) is 61.1 Å². The van der Waals surface area contributed by atoms with Gasteiger partial charge in [0.25, 0.3) is 0 Å². The maximum Gasteiger partial charge on any atom is 0.240 e. The summed E-state index contributed by atoms with van der Waals surface area (Å²) in [7, 11) is -7.63. The molecule has 0 spiro atoms. The molecule has 2 aliphatic rings. The molecule has 2 heterocycles. The lowest BCUT2D eigenvalue weighted by molar-refractivity contribution is 0.0390. The van der Waals surface area contributed by atoms with Gasteiger partial charge in [-0.1, -0.05) is 24.3 Å². The monoisotopic (exact) mass is 450 g/mol. The van der Waals surface area contributed by atoms with Crippen molar-refractivity contribution in [1.29, 1.82) is 0 Å². The van der Waals surface area contributed by atoms with Crippen molar-refractivity contribution in [1.82, 2.24) is 9.62 Å². The maximum absolute atomic E-state index is 13.3. The zero-order valence-corrected chi connectivity index (χ0v) is 18.6. The number of nitrogens with zero attached hydrogens (tertiary/aromatic N) is 1. The molecule has 0 atom stereocenters. The van der Waals surface area contributed by atoms with Crippen LogP contribution in [0, 0.1) is 6.92 Å². The summed E-state index contributed by atoms with van der Waals surface area (Å²) in [5.41, 5.74) is 1.98. The molecule has 162 valence electrons. The molecule has 30 heavy (non-hydrogen) atoms. The fourth-order valence-corrected chi connectivity index (χ4v) is 7.20. The highest BCUT2D eigenvalue weighted by Gasteiger charge is 2.30. The molecular weight excluding hydrogens is 424 g/mol. The summed E-state index contributed by atoms with van der Waals surface area (Å²) in [6.45, 7) is 5.40. The SMILES string of the molecule is Cc1cc2c(cc1S(=O)(=O)NCCN1CCOCC1)S(=O)(=O)c1ccccc1CC2. The van der Waals surface area contributed by atoms with Gasteiger partial charge in [0, 0.05) is 26.2 Å². The number of sulfonamides is 1. The number of sulfone groups is 1. The lowest BCUT2D eigenvalue weighted by Crippen LogP contribution is -2.41. The first kappa shape index (κ1) is 21.5. The lowest BCUT2D eigenvalue weighted by Gasteiger charge is -2.26. The van der Waals surface area contributed by atoms with Crippen LogP contribution in [0.25, 0.3) is 0 Å². The third-order valence-electron chi connectivity index (χ3n) is 5.69. The Bertz CT molecular complexity index is 1150. The van der Waals surface area contributed by atoms with Crippen molar-refractivity contribution in [2.24, 2.45) is 0 Å². The van der Waals surface area contributed by atoms with Crippen molar-refractivity contribution in [3.05, 3.63) is 53.1 Å². The maximum atomic E-state index is 13.3. The molecule has 0 amide bonds. The Kier molecular flexibility index (Phi) is 6.00. The van der Waals surface area contributed by atoms with Gasteiger partial charge in [-0.3, -0.25) is 4.90 Å². The minimum atomic E-state index is -3.84. The standard InChI is InChI=1S/C21H26N2O5S2/c1-16-14-18-7-6-17-4-2-3-5-19(17)29(24,25)21(18)15-20(16)30(26,27)22-8-9-23-10-12-28-13-11-23/h2-5,14-15,22H,6-13H2,1H3. The Labute approximate surface area is 178 Å². The highest BCUT2D eigenvalue weighted by Crippen LogP contribution is 2.34. The molecular formula is C21H26N2O5S2. The molecule has 0 bridgehead atoms. The molecule has 1 fully saturated rings. The first-order valence-corrected chi connectivity index (χ1v) is 13.0. The van der Waals surface area contributed by atoms with E-state index < -0.39 is 19.9 Å². The number of rotatable bonds is 5. The molecule has 9 heteroatoms. The van der Waals surface area contributed by atoms with Crippen LogP contribution in [-0.2, 0) is 37.4 Å². The van der Waals surface area contributed by atoms with Gasteiger partial charge in [0.1, 0.15) is 0 Å². The number of nitrogens with one attached hydrogen (secondary N) is 1. The van der Waals surface area contributed by atoms with Crippen molar-refractivity contribution in [3.8, 4) is 0 Å². The molecule has 0 aromatic heterocycles. The molecule has 7 nitrogen and oxygen atoms in total. The summed E-state index contributed by atoms with van der Waals surface area (Å²) in [5, 5.41) is 0. The van der Waals surface area contributed by atoms with E-state index in [0.29, 0.717) is 43.7 Å². The van der Waals surface area contributed by atoms with E-state index in [9.17, 15) is 16.8 Å². The number of morpholine rings is 1. The van der Waals surface area contributed by atoms with Gasteiger partial charge in [-0.25, -0.2) is 21.6 Å². The van der Waals surface area contributed by atoms with E-state index in [1.807, 2.05) is 12.1 Å². The Morgan fingerprint density at radius 1 is 1.03 bits per heavy atom. The summed E-state index contributed by atoms with van der Waals surface area (Å²) >= 11 is 0. The van der Waals surface area contributed by atoms with Crippen LogP contribution in [0.1, 0.15) is 16.7 Å². The number of fused-ring (bicyclic) bond motifs is 2. The molecule has 4 rings (SSSR count). The van der Waals surface area contributed by atoms with Gasteiger partial charge < -0.3 is 4.74 Å². The van der Waals surface area contributed by atoms with E-state index in [0.717, 1.165) is 18.7 Å². The molecule has 0 aliphatic carbocycles. The van der Waals surface area contributed by atoms with E-state index in [4.69, 9.17) is 4.74 Å². The zero-order chi connectivity index (χ0) is 21.4. The van der Waals surface area contributed by atoms with Gasteiger partial charge in [0.05, 0.1) is 27.9 Å². The number of hydrogen-bond acceptors (Lipinski definition) is 6. The van der Waals surface area contributed by atoms with Gasteiger partial charge >= 0.3 is 0 Å². The van der Waals surface area contributed by atoms with E-state index in [-0.39, 0.29) is 21.2 Å². The molecule has 1 saturated heterocycles. The van der Waals surface area contributed by atoms with Crippen LogP contribution in [0.2, 0.25) is 0 Å². The van der Waals surface area contributed by atoms with Crippen molar-refractivity contribution in [2.45, 2.75) is 34.5 Å². The van der Waals surface area contributed by atoms with Crippen molar-refractivity contribution >= 4 is 19.9 Å². The van der Waals surface area contributed by atoms with Gasteiger partial charge in [0.2, 0.25) is 19.9 Å². The quantitative estimate of drug-likeness (QED) is 0.743. The summed E-state index contributed by atoms with van der Waals surface area (Å²) < 4.78 is 60.5. The van der Waals surface area contributed by atoms with Crippen LogP contribution in [0.15, 0.2) is 51.1 Å². The van der Waals surface area contributed by atoms with Crippen LogP contribution in [0.3, 0.4) is 0 Å². The summed E-state index contributed by atoms with van der Waals surface area (Å²) in [4.78, 5) is 2.51. The Balaban J connectivity index is 1.64.